The van der Waals surface area contributed by atoms with Crippen molar-refractivity contribution in [3.63, 3.8) is 0 Å². The first-order valence-corrected chi connectivity index (χ1v) is 5.13. The minimum absolute atomic E-state index is 0.151. The molecule has 0 aliphatic carbocycles. The highest BCUT2D eigenvalue weighted by atomic mass is 19.1. The molecule has 0 fully saturated rings. The summed E-state index contributed by atoms with van der Waals surface area (Å²) in [5, 5.41) is 3.75. The fourth-order valence-electron chi connectivity index (χ4n) is 1.53. The van der Waals surface area contributed by atoms with Gasteiger partial charge in [-0.05, 0) is 18.2 Å². The number of rotatable bonds is 2. The van der Waals surface area contributed by atoms with E-state index < -0.39 is 5.82 Å². The number of anilines is 1. The van der Waals surface area contributed by atoms with Crippen LogP contribution in [0.1, 0.15) is 0 Å². The Morgan fingerprint density at radius 3 is 3.00 bits per heavy atom. The minimum Gasteiger partial charge on any atom is -0.398 e. The van der Waals surface area contributed by atoms with Crippen LogP contribution in [0.15, 0.2) is 35.1 Å². The van der Waals surface area contributed by atoms with Crippen LogP contribution in [0.3, 0.4) is 0 Å². The second-order valence-electron chi connectivity index (χ2n) is 3.59. The normalized spacial score (nSPS) is 10.7. The van der Waals surface area contributed by atoms with Gasteiger partial charge in [-0.15, -0.1) is 0 Å². The first-order valence-electron chi connectivity index (χ1n) is 5.13. The van der Waals surface area contributed by atoms with Crippen molar-refractivity contribution in [1.29, 1.82) is 0 Å². The van der Waals surface area contributed by atoms with Crippen LogP contribution in [-0.2, 0) is 0 Å². The van der Waals surface area contributed by atoms with Crippen LogP contribution in [-0.4, -0.2) is 20.1 Å². The van der Waals surface area contributed by atoms with E-state index in [0.717, 1.165) is 0 Å². The Morgan fingerprint density at radius 1 is 1.33 bits per heavy atom. The smallest absolute Gasteiger partial charge is 0.260 e. The third-order valence-corrected chi connectivity index (χ3v) is 2.38. The van der Waals surface area contributed by atoms with Crippen molar-refractivity contribution < 1.29 is 8.91 Å². The van der Waals surface area contributed by atoms with Crippen molar-refractivity contribution in [2.24, 2.45) is 0 Å². The van der Waals surface area contributed by atoms with E-state index in [0.29, 0.717) is 22.9 Å². The molecule has 3 N–H and O–H groups in total. The molecule has 2 aromatic heterocycles. The molecule has 0 bridgehead atoms. The van der Waals surface area contributed by atoms with E-state index in [1.807, 2.05) is 0 Å². The van der Waals surface area contributed by atoms with E-state index in [9.17, 15) is 4.39 Å². The van der Waals surface area contributed by atoms with Gasteiger partial charge in [0.15, 0.2) is 5.82 Å². The zero-order valence-corrected chi connectivity index (χ0v) is 9.09. The Hall–Kier alpha value is -2.70. The molecular formula is C11H8FN5O. The first-order chi connectivity index (χ1) is 8.74. The fourth-order valence-corrected chi connectivity index (χ4v) is 1.53. The number of halogens is 1. The van der Waals surface area contributed by atoms with Crippen LogP contribution in [0.5, 0.6) is 0 Å². The highest BCUT2D eigenvalue weighted by Gasteiger charge is 2.14. The molecule has 90 valence electrons. The molecule has 2 heterocycles. The summed E-state index contributed by atoms with van der Waals surface area (Å²) in [6.07, 6.45) is 3.21. The number of hydrogen-bond acceptors (Lipinski definition) is 5. The maximum atomic E-state index is 13.1. The van der Waals surface area contributed by atoms with Crippen molar-refractivity contribution in [2.75, 3.05) is 5.73 Å². The predicted molar refractivity (Wildman–Crippen MR) is 61.7 cm³/mol. The SMILES string of the molecule is Nc1ccc(F)cc1-c1nc(-c2ncc[nH]2)no1. The lowest BCUT2D eigenvalue weighted by Gasteiger charge is -1.99. The summed E-state index contributed by atoms with van der Waals surface area (Å²) >= 11 is 0. The first kappa shape index (κ1) is 10.5. The molecule has 3 aromatic rings. The molecule has 0 atom stereocenters. The molecule has 0 saturated heterocycles. The minimum atomic E-state index is -0.419. The average Bonchev–Trinajstić information content (AvgIpc) is 3.00. The zero-order valence-electron chi connectivity index (χ0n) is 9.09. The lowest BCUT2D eigenvalue weighted by molar-refractivity contribution is 0.432. The summed E-state index contributed by atoms with van der Waals surface area (Å²) in [4.78, 5) is 10.9. The molecule has 18 heavy (non-hydrogen) atoms. The third-order valence-electron chi connectivity index (χ3n) is 2.38. The number of nitrogens with zero attached hydrogens (tertiary/aromatic N) is 3. The molecule has 0 aliphatic heterocycles. The summed E-state index contributed by atoms with van der Waals surface area (Å²) in [7, 11) is 0. The van der Waals surface area contributed by atoms with E-state index in [1.165, 1.54) is 18.2 Å². The summed E-state index contributed by atoms with van der Waals surface area (Å²) in [5.74, 6) is 0.494. The third kappa shape index (κ3) is 1.71. The molecule has 0 radical (unpaired) electrons. The summed E-state index contributed by atoms with van der Waals surface area (Å²) in [6, 6.07) is 3.96. The number of aromatic nitrogens is 4. The van der Waals surface area contributed by atoms with Gasteiger partial charge < -0.3 is 15.2 Å². The number of benzene rings is 1. The van der Waals surface area contributed by atoms with Gasteiger partial charge >= 0.3 is 0 Å². The van der Waals surface area contributed by atoms with Crippen LogP contribution >= 0.6 is 0 Å². The van der Waals surface area contributed by atoms with Crippen molar-refractivity contribution in [1.82, 2.24) is 20.1 Å². The molecule has 0 unspecified atom stereocenters. The predicted octanol–water partition coefficient (Wildman–Crippen LogP) is 1.85. The van der Waals surface area contributed by atoms with Gasteiger partial charge in [0.05, 0.1) is 5.56 Å². The van der Waals surface area contributed by atoms with Crippen molar-refractivity contribution in [3.05, 3.63) is 36.4 Å². The number of aromatic amines is 1. The highest BCUT2D eigenvalue weighted by molar-refractivity contribution is 5.70. The van der Waals surface area contributed by atoms with Crippen molar-refractivity contribution in [3.8, 4) is 23.1 Å². The maximum absolute atomic E-state index is 13.1. The van der Waals surface area contributed by atoms with E-state index in [1.54, 1.807) is 12.4 Å². The lowest BCUT2D eigenvalue weighted by Crippen LogP contribution is -1.91. The molecule has 7 heteroatoms. The zero-order chi connectivity index (χ0) is 12.5. The summed E-state index contributed by atoms with van der Waals surface area (Å²) < 4.78 is 18.2. The van der Waals surface area contributed by atoms with Gasteiger partial charge in [-0.3, -0.25) is 0 Å². The van der Waals surface area contributed by atoms with E-state index >= 15 is 0 Å². The summed E-state index contributed by atoms with van der Waals surface area (Å²) in [5.41, 5.74) is 6.46. The Labute approximate surface area is 101 Å². The molecule has 0 spiro atoms. The van der Waals surface area contributed by atoms with Gasteiger partial charge in [0.25, 0.3) is 5.89 Å². The van der Waals surface area contributed by atoms with Gasteiger partial charge in [0.1, 0.15) is 5.82 Å². The second kappa shape index (κ2) is 3.95. The average molecular weight is 245 g/mol. The molecular weight excluding hydrogens is 237 g/mol. The molecule has 0 saturated carbocycles. The monoisotopic (exact) mass is 245 g/mol. The number of nitrogens with two attached hydrogens (primary N) is 1. The van der Waals surface area contributed by atoms with Crippen LogP contribution in [0.25, 0.3) is 23.1 Å². The Balaban J connectivity index is 2.05. The Kier molecular flexibility index (Phi) is 2.30. The summed E-state index contributed by atoms with van der Waals surface area (Å²) in [6.45, 7) is 0. The molecule has 1 aromatic carbocycles. The Morgan fingerprint density at radius 2 is 2.22 bits per heavy atom. The number of H-pyrrole nitrogens is 1. The maximum Gasteiger partial charge on any atom is 0.260 e. The van der Waals surface area contributed by atoms with Gasteiger partial charge in [0, 0.05) is 18.1 Å². The number of hydrogen-bond donors (Lipinski definition) is 2. The lowest BCUT2D eigenvalue weighted by atomic mass is 10.2. The molecule has 3 rings (SSSR count). The molecule has 0 aliphatic rings. The largest absolute Gasteiger partial charge is 0.398 e. The highest BCUT2D eigenvalue weighted by Crippen LogP contribution is 2.26. The van der Waals surface area contributed by atoms with Crippen LogP contribution < -0.4 is 5.73 Å². The quantitative estimate of drug-likeness (QED) is 0.672. The van der Waals surface area contributed by atoms with Gasteiger partial charge in [-0.1, -0.05) is 5.16 Å². The van der Waals surface area contributed by atoms with Crippen LogP contribution in [0.4, 0.5) is 10.1 Å². The molecule has 6 nitrogen and oxygen atoms in total. The number of nitrogens with one attached hydrogen (secondary N) is 1. The van der Waals surface area contributed by atoms with Gasteiger partial charge in [-0.25, -0.2) is 9.37 Å². The van der Waals surface area contributed by atoms with Crippen molar-refractivity contribution in [2.45, 2.75) is 0 Å². The number of nitrogen functional groups attached to an aromatic ring is 1. The molecule has 0 amide bonds. The second-order valence-corrected chi connectivity index (χ2v) is 3.59. The van der Waals surface area contributed by atoms with E-state index in [-0.39, 0.29) is 5.89 Å². The topological polar surface area (TPSA) is 93.6 Å². The van der Waals surface area contributed by atoms with E-state index in [4.69, 9.17) is 10.3 Å². The van der Waals surface area contributed by atoms with Crippen molar-refractivity contribution >= 4 is 5.69 Å². The Bertz CT molecular complexity index is 677. The van der Waals surface area contributed by atoms with Crippen LogP contribution in [0.2, 0.25) is 0 Å². The standard InChI is InChI=1S/C11H8FN5O/c12-6-1-2-8(13)7(5-6)11-16-10(17-18-11)9-14-3-4-15-9/h1-5H,13H2,(H,14,15). The fraction of sp³-hybridized carbons (Fsp3) is 0. The van der Waals surface area contributed by atoms with E-state index in [2.05, 4.69) is 20.1 Å². The van der Waals surface area contributed by atoms with Gasteiger partial charge in [-0.2, -0.15) is 4.98 Å². The van der Waals surface area contributed by atoms with Crippen LogP contribution in [0, 0.1) is 5.82 Å². The van der Waals surface area contributed by atoms with Gasteiger partial charge in [0.2, 0.25) is 5.82 Å². The number of imidazole rings is 1.